The zero-order valence-corrected chi connectivity index (χ0v) is 7.57. The molecule has 0 aromatic carbocycles. The fourth-order valence-electron chi connectivity index (χ4n) is 1.81. The van der Waals surface area contributed by atoms with Crippen molar-refractivity contribution in [3.63, 3.8) is 0 Å². The molecule has 3 rings (SSSR count). The van der Waals surface area contributed by atoms with Crippen LogP contribution in [-0.4, -0.2) is 14.5 Å². The van der Waals surface area contributed by atoms with Crippen molar-refractivity contribution in [3.8, 4) is 0 Å². The Hall–Kier alpha value is -1.38. The van der Waals surface area contributed by atoms with E-state index >= 15 is 0 Å². The second-order valence-corrected chi connectivity index (χ2v) is 3.65. The lowest BCUT2D eigenvalue weighted by molar-refractivity contribution is 0.771. The summed E-state index contributed by atoms with van der Waals surface area (Å²) in [7, 11) is 0. The first-order valence-corrected chi connectivity index (χ1v) is 4.64. The van der Waals surface area contributed by atoms with Gasteiger partial charge in [-0.2, -0.15) is 0 Å². The second-order valence-electron chi connectivity index (χ2n) is 3.65. The summed E-state index contributed by atoms with van der Waals surface area (Å²) in [6.45, 7) is 2.04. The Labute approximate surface area is 76.4 Å². The first-order chi connectivity index (χ1) is 6.36. The molecular formula is C10H11N3. The van der Waals surface area contributed by atoms with E-state index in [4.69, 9.17) is 0 Å². The molecule has 0 spiro atoms. The Balaban J connectivity index is 2.34. The minimum Gasteiger partial charge on any atom is -0.342 e. The summed E-state index contributed by atoms with van der Waals surface area (Å²) >= 11 is 0. The normalized spacial score (nSPS) is 16.7. The van der Waals surface area contributed by atoms with Crippen molar-refractivity contribution in [2.45, 2.75) is 25.8 Å². The molecule has 2 heterocycles. The van der Waals surface area contributed by atoms with Crippen molar-refractivity contribution in [1.29, 1.82) is 0 Å². The maximum absolute atomic E-state index is 4.24. The lowest BCUT2D eigenvalue weighted by atomic mass is 10.3. The van der Waals surface area contributed by atoms with Crippen molar-refractivity contribution in [2.24, 2.45) is 0 Å². The van der Waals surface area contributed by atoms with Crippen molar-refractivity contribution >= 4 is 11.0 Å². The molecule has 13 heavy (non-hydrogen) atoms. The maximum Gasteiger partial charge on any atom is 0.116 e. The highest BCUT2D eigenvalue weighted by molar-refractivity contribution is 5.77. The second kappa shape index (κ2) is 2.31. The molecule has 0 N–H and O–H groups in total. The van der Waals surface area contributed by atoms with Gasteiger partial charge in [0.15, 0.2) is 0 Å². The molecule has 2 aromatic rings. The van der Waals surface area contributed by atoms with Gasteiger partial charge in [0.25, 0.3) is 0 Å². The van der Waals surface area contributed by atoms with Crippen LogP contribution in [0.4, 0.5) is 0 Å². The molecule has 66 valence electrons. The topological polar surface area (TPSA) is 30.7 Å². The molecule has 0 unspecified atom stereocenters. The van der Waals surface area contributed by atoms with Crippen LogP contribution in [0.1, 0.15) is 24.6 Å². The number of aromatic nitrogens is 3. The fraction of sp³-hybridized carbons (Fsp3) is 0.400. The van der Waals surface area contributed by atoms with Crippen LogP contribution >= 0.6 is 0 Å². The highest BCUT2D eigenvalue weighted by Crippen LogP contribution is 2.37. The average molecular weight is 173 g/mol. The Morgan fingerprint density at radius 2 is 2.23 bits per heavy atom. The predicted molar refractivity (Wildman–Crippen MR) is 50.5 cm³/mol. The van der Waals surface area contributed by atoms with Gasteiger partial charge in [0.1, 0.15) is 6.33 Å². The van der Waals surface area contributed by atoms with Crippen LogP contribution in [-0.2, 0) is 0 Å². The van der Waals surface area contributed by atoms with Crippen molar-refractivity contribution < 1.29 is 0 Å². The van der Waals surface area contributed by atoms with Crippen LogP contribution in [0.5, 0.6) is 0 Å². The van der Waals surface area contributed by atoms with E-state index in [1.165, 1.54) is 18.4 Å². The maximum atomic E-state index is 4.24. The lowest BCUT2D eigenvalue weighted by Gasteiger charge is -2.03. The molecule has 0 bridgehead atoms. The largest absolute Gasteiger partial charge is 0.342 e. The first kappa shape index (κ1) is 7.06. The van der Waals surface area contributed by atoms with Crippen LogP contribution in [0.15, 0.2) is 18.6 Å². The van der Waals surface area contributed by atoms with E-state index in [9.17, 15) is 0 Å². The number of fused-ring (bicyclic) bond motifs is 1. The van der Waals surface area contributed by atoms with Crippen molar-refractivity contribution in [2.75, 3.05) is 0 Å². The molecule has 2 aromatic heterocycles. The van der Waals surface area contributed by atoms with E-state index in [0.717, 1.165) is 11.2 Å². The highest BCUT2D eigenvalue weighted by Gasteiger charge is 2.25. The van der Waals surface area contributed by atoms with Crippen molar-refractivity contribution in [1.82, 2.24) is 14.5 Å². The predicted octanol–water partition coefficient (Wildman–Crippen LogP) is 2.07. The van der Waals surface area contributed by atoms with Gasteiger partial charge in [-0.15, -0.1) is 0 Å². The molecule has 0 radical (unpaired) electrons. The van der Waals surface area contributed by atoms with Gasteiger partial charge in [0, 0.05) is 12.2 Å². The highest BCUT2D eigenvalue weighted by atomic mass is 15.1. The molecular weight excluding hydrogens is 162 g/mol. The molecule has 1 saturated carbocycles. The molecule has 0 aliphatic heterocycles. The van der Waals surface area contributed by atoms with Gasteiger partial charge in [-0.1, -0.05) is 0 Å². The minimum absolute atomic E-state index is 0.710. The fourth-order valence-corrected chi connectivity index (χ4v) is 1.81. The van der Waals surface area contributed by atoms with Crippen LogP contribution in [0, 0.1) is 6.92 Å². The summed E-state index contributed by atoms with van der Waals surface area (Å²) in [5, 5.41) is 0. The summed E-state index contributed by atoms with van der Waals surface area (Å²) in [4.78, 5) is 8.46. The van der Waals surface area contributed by atoms with E-state index in [2.05, 4.69) is 26.8 Å². The summed E-state index contributed by atoms with van der Waals surface area (Å²) in [6.07, 6.45) is 6.37. The zero-order chi connectivity index (χ0) is 8.84. The SMILES string of the molecule is Cc1ncnc2ccn(C3CC3)c12. The third kappa shape index (κ3) is 0.963. The summed E-state index contributed by atoms with van der Waals surface area (Å²) in [6, 6.07) is 2.78. The number of hydrogen-bond donors (Lipinski definition) is 0. The number of aryl methyl sites for hydroxylation is 1. The Morgan fingerprint density at radius 1 is 1.38 bits per heavy atom. The molecule has 3 heteroatoms. The minimum atomic E-state index is 0.710. The van der Waals surface area contributed by atoms with Crippen molar-refractivity contribution in [3.05, 3.63) is 24.3 Å². The zero-order valence-electron chi connectivity index (χ0n) is 7.57. The van der Waals surface area contributed by atoms with E-state index in [0.29, 0.717) is 6.04 Å². The van der Waals surface area contributed by atoms with Gasteiger partial charge in [0.2, 0.25) is 0 Å². The Morgan fingerprint density at radius 3 is 3.00 bits per heavy atom. The van der Waals surface area contributed by atoms with Gasteiger partial charge in [-0.25, -0.2) is 9.97 Å². The summed E-state index contributed by atoms with van der Waals surface area (Å²) in [5.41, 5.74) is 3.37. The van der Waals surface area contributed by atoms with Gasteiger partial charge in [0.05, 0.1) is 16.7 Å². The van der Waals surface area contributed by atoms with Crippen LogP contribution in [0.25, 0.3) is 11.0 Å². The smallest absolute Gasteiger partial charge is 0.116 e. The number of nitrogens with zero attached hydrogens (tertiary/aromatic N) is 3. The lowest BCUT2D eigenvalue weighted by Crippen LogP contribution is -1.95. The number of rotatable bonds is 1. The standard InChI is InChI=1S/C10H11N3/c1-7-10-9(12-6-11-7)4-5-13(10)8-2-3-8/h4-6,8H,2-3H2,1H3. The first-order valence-electron chi connectivity index (χ1n) is 4.64. The summed E-state index contributed by atoms with van der Waals surface area (Å²) in [5.74, 6) is 0. The molecule has 1 aliphatic rings. The third-order valence-electron chi connectivity index (χ3n) is 2.63. The summed E-state index contributed by atoms with van der Waals surface area (Å²) < 4.78 is 2.31. The number of hydrogen-bond acceptors (Lipinski definition) is 2. The van der Waals surface area contributed by atoms with E-state index in [1.807, 2.05) is 6.92 Å². The quantitative estimate of drug-likeness (QED) is 0.661. The molecule has 0 atom stereocenters. The van der Waals surface area contributed by atoms with Gasteiger partial charge < -0.3 is 4.57 Å². The van der Waals surface area contributed by atoms with Crippen LogP contribution < -0.4 is 0 Å². The van der Waals surface area contributed by atoms with Gasteiger partial charge >= 0.3 is 0 Å². The molecule has 3 nitrogen and oxygen atoms in total. The molecule has 0 saturated heterocycles. The van der Waals surface area contributed by atoms with Crippen LogP contribution in [0.3, 0.4) is 0 Å². The molecule has 1 fully saturated rings. The Bertz CT molecular complexity index is 454. The van der Waals surface area contributed by atoms with Gasteiger partial charge in [-0.05, 0) is 25.8 Å². The van der Waals surface area contributed by atoms with Gasteiger partial charge in [-0.3, -0.25) is 0 Å². The van der Waals surface area contributed by atoms with Crippen LogP contribution in [0.2, 0.25) is 0 Å². The van der Waals surface area contributed by atoms with E-state index < -0.39 is 0 Å². The van der Waals surface area contributed by atoms with E-state index in [1.54, 1.807) is 6.33 Å². The molecule has 1 aliphatic carbocycles. The molecule has 0 amide bonds. The third-order valence-corrected chi connectivity index (χ3v) is 2.63. The monoisotopic (exact) mass is 173 g/mol. The average Bonchev–Trinajstić information content (AvgIpc) is 2.87. The Kier molecular flexibility index (Phi) is 1.26. The van der Waals surface area contributed by atoms with E-state index in [-0.39, 0.29) is 0 Å².